The van der Waals surface area contributed by atoms with Crippen LogP contribution in [0.25, 0.3) is 0 Å². The first-order valence-corrected chi connectivity index (χ1v) is 4.97. The Kier molecular flexibility index (Phi) is 3.69. The highest BCUT2D eigenvalue weighted by Crippen LogP contribution is 2.13. The highest BCUT2D eigenvalue weighted by Gasteiger charge is 1.98. The molecule has 14 heavy (non-hydrogen) atoms. The number of hydrogen-bond donors (Lipinski definition) is 1. The van der Waals surface area contributed by atoms with Crippen molar-refractivity contribution >= 4 is 11.5 Å². The number of aliphatic imine (C=N–C) groups is 1. The van der Waals surface area contributed by atoms with Gasteiger partial charge in [0.05, 0.1) is 11.5 Å². The molecular formula is C12H18N2. The van der Waals surface area contributed by atoms with Crippen LogP contribution in [0.1, 0.15) is 25.8 Å². The average molecular weight is 190 g/mol. The van der Waals surface area contributed by atoms with E-state index in [1.807, 2.05) is 24.3 Å². The Hall–Kier alpha value is -1.31. The summed E-state index contributed by atoms with van der Waals surface area (Å²) in [5, 5.41) is 0. The molecule has 0 unspecified atom stereocenters. The van der Waals surface area contributed by atoms with Crippen LogP contribution in [0.2, 0.25) is 0 Å². The first kappa shape index (κ1) is 10.8. The molecule has 0 aliphatic heterocycles. The Bertz CT molecular complexity index is 310. The number of nitrogens with zero attached hydrogens (tertiary/aromatic N) is 1. The SMILES string of the molecule is Cc1ccc(N=C(N)CC(C)C)cc1. The van der Waals surface area contributed by atoms with Gasteiger partial charge in [-0.1, -0.05) is 31.5 Å². The summed E-state index contributed by atoms with van der Waals surface area (Å²) in [7, 11) is 0. The number of benzene rings is 1. The summed E-state index contributed by atoms with van der Waals surface area (Å²) in [6.45, 7) is 6.33. The first-order valence-electron chi connectivity index (χ1n) is 4.97. The Morgan fingerprint density at radius 3 is 2.36 bits per heavy atom. The van der Waals surface area contributed by atoms with Crippen molar-refractivity contribution in [2.24, 2.45) is 16.6 Å². The normalized spacial score (nSPS) is 12.1. The van der Waals surface area contributed by atoms with Crippen LogP contribution < -0.4 is 5.73 Å². The molecule has 0 aliphatic rings. The molecule has 0 aliphatic carbocycles. The fourth-order valence-corrected chi connectivity index (χ4v) is 1.25. The topological polar surface area (TPSA) is 38.4 Å². The Morgan fingerprint density at radius 1 is 1.29 bits per heavy atom. The lowest BCUT2D eigenvalue weighted by molar-refractivity contribution is 0.681. The van der Waals surface area contributed by atoms with E-state index in [1.54, 1.807) is 0 Å². The van der Waals surface area contributed by atoms with E-state index in [1.165, 1.54) is 5.56 Å². The highest BCUT2D eigenvalue weighted by atomic mass is 14.9. The third-order valence-electron chi connectivity index (χ3n) is 1.92. The highest BCUT2D eigenvalue weighted by molar-refractivity contribution is 5.83. The minimum Gasteiger partial charge on any atom is -0.387 e. The van der Waals surface area contributed by atoms with Crippen molar-refractivity contribution < 1.29 is 0 Å². The van der Waals surface area contributed by atoms with E-state index >= 15 is 0 Å². The van der Waals surface area contributed by atoms with Crippen molar-refractivity contribution in [2.75, 3.05) is 0 Å². The van der Waals surface area contributed by atoms with Crippen molar-refractivity contribution in [1.29, 1.82) is 0 Å². The molecule has 2 nitrogen and oxygen atoms in total. The Morgan fingerprint density at radius 2 is 1.86 bits per heavy atom. The summed E-state index contributed by atoms with van der Waals surface area (Å²) in [5.74, 6) is 1.27. The van der Waals surface area contributed by atoms with Crippen molar-refractivity contribution in [1.82, 2.24) is 0 Å². The van der Waals surface area contributed by atoms with E-state index in [-0.39, 0.29) is 0 Å². The molecular weight excluding hydrogens is 172 g/mol. The molecule has 0 saturated carbocycles. The molecule has 0 saturated heterocycles. The van der Waals surface area contributed by atoms with E-state index < -0.39 is 0 Å². The molecule has 0 spiro atoms. The summed E-state index contributed by atoms with van der Waals surface area (Å²) in [6, 6.07) is 8.06. The molecule has 1 aromatic rings. The second-order valence-electron chi connectivity index (χ2n) is 4.04. The van der Waals surface area contributed by atoms with Crippen LogP contribution in [0.3, 0.4) is 0 Å². The van der Waals surface area contributed by atoms with Gasteiger partial charge in [0.25, 0.3) is 0 Å². The molecule has 1 aromatic carbocycles. The van der Waals surface area contributed by atoms with Crippen molar-refractivity contribution in [2.45, 2.75) is 27.2 Å². The van der Waals surface area contributed by atoms with Gasteiger partial charge in [-0.15, -0.1) is 0 Å². The minimum atomic E-state index is 0.559. The lowest BCUT2D eigenvalue weighted by atomic mass is 10.1. The molecule has 1 rings (SSSR count). The lowest BCUT2D eigenvalue weighted by Gasteiger charge is -2.03. The van der Waals surface area contributed by atoms with Crippen molar-refractivity contribution in [3.05, 3.63) is 29.8 Å². The van der Waals surface area contributed by atoms with E-state index in [2.05, 4.69) is 25.8 Å². The molecule has 0 fully saturated rings. The third-order valence-corrected chi connectivity index (χ3v) is 1.92. The fourth-order valence-electron chi connectivity index (χ4n) is 1.25. The van der Waals surface area contributed by atoms with Gasteiger partial charge in [-0.3, -0.25) is 0 Å². The van der Waals surface area contributed by atoms with Gasteiger partial charge in [-0.05, 0) is 25.0 Å². The summed E-state index contributed by atoms with van der Waals surface area (Å²) in [6.07, 6.45) is 0.855. The molecule has 0 amide bonds. The maximum atomic E-state index is 5.79. The summed E-state index contributed by atoms with van der Waals surface area (Å²) >= 11 is 0. The monoisotopic (exact) mass is 190 g/mol. The molecule has 76 valence electrons. The number of rotatable bonds is 3. The predicted octanol–water partition coefficient (Wildman–Crippen LogP) is 3.03. The van der Waals surface area contributed by atoms with Gasteiger partial charge < -0.3 is 5.73 Å². The molecule has 0 bridgehead atoms. The van der Waals surface area contributed by atoms with Crippen LogP contribution in [0.4, 0.5) is 5.69 Å². The quantitative estimate of drug-likeness (QED) is 0.577. The van der Waals surface area contributed by atoms with Crippen LogP contribution in [-0.2, 0) is 0 Å². The summed E-state index contributed by atoms with van der Waals surface area (Å²) in [5.41, 5.74) is 7.98. The number of hydrogen-bond acceptors (Lipinski definition) is 1. The van der Waals surface area contributed by atoms with Crippen LogP contribution >= 0.6 is 0 Å². The molecule has 0 atom stereocenters. The average Bonchev–Trinajstić information content (AvgIpc) is 2.07. The van der Waals surface area contributed by atoms with Crippen LogP contribution in [-0.4, -0.2) is 5.84 Å². The first-order chi connectivity index (χ1) is 6.58. The van der Waals surface area contributed by atoms with E-state index in [0.717, 1.165) is 12.1 Å². The zero-order chi connectivity index (χ0) is 10.6. The van der Waals surface area contributed by atoms with Crippen molar-refractivity contribution in [3.63, 3.8) is 0 Å². The predicted molar refractivity (Wildman–Crippen MR) is 61.9 cm³/mol. The molecule has 2 heteroatoms. The van der Waals surface area contributed by atoms with E-state index in [0.29, 0.717) is 11.8 Å². The second-order valence-corrected chi connectivity index (χ2v) is 4.04. The molecule has 2 N–H and O–H groups in total. The molecule has 0 aromatic heterocycles. The minimum absolute atomic E-state index is 0.559. The van der Waals surface area contributed by atoms with Gasteiger partial charge in [0.15, 0.2) is 0 Å². The number of nitrogens with two attached hydrogens (primary N) is 1. The van der Waals surface area contributed by atoms with Crippen LogP contribution in [0, 0.1) is 12.8 Å². The largest absolute Gasteiger partial charge is 0.387 e. The van der Waals surface area contributed by atoms with Gasteiger partial charge >= 0.3 is 0 Å². The van der Waals surface area contributed by atoms with E-state index in [9.17, 15) is 0 Å². The van der Waals surface area contributed by atoms with Crippen LogP contribution in [0.15, 0.2) is 29.3 Å². The number of aryl methyl sites for hydroxylation is 1. The smallest absolute Gasteiger partial charge is 0.0998 e. The van der Waals surface area contributed by atoms with Gasteiger partial charge in [0.2, 0.25) is 0 Å². The third kappa shape index (κ3) is 3.60. The standard InChI is InChI=1S/C12H18N2/c1-9(2)8-12(13)14-11-6-4-10(3)5-7-11/h4-7,9H,8H2,1-3H3,(H2,13,14). The summed E-state index contributed by atoms with van der Waals surface area (Å²) in [4.78, 5) is 4.33. The maximum Gasteiger partial charge on any atom is 0.0998 e. The number of amidine groups is 1. The van der Waals surface area contributed by atoms with Gasteiger partial charge in [0.1, 0.15) is 0 Å². The fraction of sp³-hybridized carbons (Fsp3) is 0.417. The van der Waals surface area contributed by atoms with Gasteiger partial charge in [-0.2, -0.15) is 0 Å². The zero-order valence-electron chi connectivity index (χ0n) is 9.12. The van der Waals surface area contributed by atoms with Gasteiger partial charge in [0, 0.05) is 6.42 Å². The van der Waals surface area contributed by atoms with Crippen molar-refractivity contribution in [3.8, 4) is 0 Å². The second kappa shape index (κ2) is 4.80. The maximum absolute atomic E-state index is 5.79. The Labute approximate surface area is 85.9 Å². The molecule has 0 heterocycles. The summed E-state index contributed by atoms with van der Waals surface area (Å²) < 4.78 is 0. The van der Waals surface area contributed by atoms with Gasteiger partial charge in [-0.25, -0.2) is 4.99 Å². The van der Waals surface area contributed by atoms with E-state index in [4.69, 9.17) is 5.73 Å². The molecule has 0 radical (unpaired) electrons. The lowest BCUT2D eigenvalue weighted by Crippen LogP contribution is -2.13. The Balaban J connectivity index is 2.71. The zero-order valence-corrected chi connectivity index (χ0v) is 9.12. The van der Waals surface area contributed by atoms with Crippen LogP contribution in [0.5, 0.6) is 0 Å².